The van der Waals surface area contributed by atoms with Crippen molar-refractivity contribution in [2.45, 2.75) is 24.8 Å². The average Bonchev–Trinajstić information content (AvgIpc) is 3.11. The second-order valence-electron chi connectivity index (χ2n) is 6.62. The molecule has 0 aliphatic carbocycles. The molecule has 4 rings (SSSR count). The van der Waals surface area contributed by atoms with Crippen molar-refractivity contribution in [3.63, 3.8) is 0 Å². The number of halogens is 1. The molecule has 0 bridgehead atoms. The summed E-state index contributed by atoms with van der Waals surface area (Å²) in [5.74, 6) is 0.980. The molecule has 0 saturated heterocycles. The molecule has 0 spiro atoms. The van der Waals surface area contributed by atoms with Gasteiger partial charge in [0.25, 0.3) is 0 Å². The van der Waals surface area contributed by atoms with Crippen LogP contribution in [0.3, 0.4) is 0 Å². The smallest absolute Gasteiger partial charge is 0.196 e. The molecule has 3 aromatic carbocycles. The Bertz CT molecular complexity index is 1120. The van der Waals surface area contributed by atoms with Crippen molar-refractivity contribution in [3.05, 3.63) is 95.3 Å². The standard InChI is InChI=1S/C23H20FN3S/c1-16-9-3-5-11-18(16)15-28-23-26-25-22(19-12-6-7-13-20(19)24)27(23)21-14-8-4-10-17(21)2/h3-14H,15H2,1-2H3. The highest BCUT2D eigenvalue weighted by Gasteiger charge is 2.19. The Kier molecular flexibility index (Phi) is 5.26. The van der Waals surface area contributed by atoms with Gasteiger partial charge in [-0.3, -0.25) is 4.57 Å². The van der Waals surface area contributed by atoms with Crippen molar-refractivity contribution in [2.75, 3.05) is 0 Å². The predicted octanol–water partition coefficient (Wildman–Crippen LogP) is 5.98. The number of aryl methyl sites for hydroxylation is 2. The van der Waals surface area contributed by atoms with Gasteiger partial charge in [-0.2, -0.15) is 0 Å². The molecular weight excluding hydrogens is 369 g/mol. The summed E-state index contributed by atoms with van der Waals surface area (Å²) >= 11 is 1.61. The fraction of sp³-hybridized carbons (Fsp3) is 0.130. The molecule has 0 radical (unpaired) electrons. The lowest BCUT2D eigenvalue weighted by atomic mass is 10.1. The molecule has 3 nitrogen and oxygen atoms in total. The predicted molar refractivity (Wildman–Crippen MR) is 112 cm³/mol. The normalized spacial score (nSPS) is 11.0. The number of hydrogen-bond donors (Lipinski definition) is 0. The van der Waals surface area contributed by atoms with Crippen LogP contribution in [0, 0.1) is 19.7 Å². The molecule has 0 saturated carbocycles. The van der Waals surface area contributed by atoms with E-state index in [2.05, 4.69) is 29.3 Å². The van der Waals surface area contributed by atoms with Crippen LogP contribution in [0.5, 0.6) is 0 Å². The average molecular weight is 389 g/mol. The summed E-state index contributed by atoms with van der Waals surface area (Å²) in [5.41, 5.74) is 4.97. The quantitative estimate of drug-likeness (QED) is 0.393. The summed E-state index contributed by atoms with van der Waals surface area (Å²) in [6.07, 6.45) is 0. The highest BCUT2D eigenvalue weighted by molar-refractivity contribution is 7.98. The summed E-state index contributed by atoms with van der Waals surface area (Å²) in [6, 6.07) is 23.0. The highest BCUT2D eigenvalue weighted by Crippen LogP contribution is 2.32. The van der Waals surface area contributed by atoms with Crippen LogP contribution in [-0.4, -0.2) is 14.8 Å². The van der Waals surface area contributed by atoms with Crippen molar-refractivity contribution in [1.82, 2.24) is 14.8 Å². The van der Waals surface area contributed by atoms with Crippen LogP contribution in [-0.2, 0) is 5.75 Å². The minimum atomic E-state index is -0.305. The fourth-order valence-corrected chi connectivity index (χ4v) is 4.15. The van der Waals surface area contributed by atoms with Gasteiger partial charge in [-0.1, -0.05) is 66.4 Å². The largest absolute Gasteiger partial charge is 0.270 e. The van der Waals surface area contributed by atoms with Crippen molar-refractivity contribution in [2.24, 2.45) is 0 Å². The van der Waals surface area contributed by atoms with Crippen molar-refractivity contribution in [1.29, 1.82) is 0 Å². The van der Waals surface area contributed by atoms with Gasteiger partial charge in [0, 0.05) is 5.75 Å². The van der Waals surface area contributed by atoms with E-state index in [0.29, 0.717) is 11.4 Å². The van der Waals surface area contributed by atoms with Gasteiger partial charge < -0.3 is 0 Å². The lowest BCUT2D eigenvalue weighted by Crippen LogP contribution is -2.03. The molecule has 0 aliphatic heterocycles. The van der Waals surface area contributed by atoms with Crippen LogP contribution in [0.2, 0.25) is 0 Å². The Labute approximate surface area is 168 Å². The number of para-hydroxylation sites is 1. The second-order valence-corrected chi connectivity index (χ2v) is 7.57. The molecule has 0 fully saturated rings. The summed E-state index contributed by atoms with van der Waals surface area (Å²) < 4.78 is 16.5. The molecule has 5 heteroatoms. The number of thioether (sulfide) groups is 1. The van der Waals surface area contributed by atoms with E-state index in [9.17, 15) is 4.39 Å². The lowest BCUT2D eigenvalue weighted by Gasteiger charge is -2.13. The molecule has 0 N–H and O–H groups in total. The lowest BCUT2D eigenvalue weighted by molar-refractivity contribution is 0.629. The SMILES string of the molecule is Cc1ccccc1CSc1nnc(-c2ccccc2F)n1-c1ccccc1C. The highest BCUT2D eigenvalue weighted by atomic mass is 32.2. The maximum Gasteiger partial charge on any atom is 0.196 e. The third kappa shape index (κ3) is 3.58. The maximum atomic E-state index is 14.5. The molecule has 0 unspecified atom stereocenters. The molecule has 1 heterocycles. The third-order valence-electron chi connectivity index (χ3n) is 4.72. The molecular formula is C23H20FN3S. The van der Waals surface area contributed by atoms with E-state index in [1.165, 1.54) is 17.2 Å². The summed E-state index contributed by atoms with van der Waals surface area (Å²) in [4.78, 5) is 0. The zero-order chi connectivity index (χ0) is 19.5. The Morgan fingerprint density at radius 2 is 1.50 bits per heavy atom. The summed E-state index contributed by atoms with van der Waals surface area (Å²) in [7, 11) is 0. The maximum absolute atomic E-state index is 14.5. The van der Waals surface area contributed by atoms with Crippen molar-refractivity contribution in [3.8, 4) is 17.1 Å². The van der Waals surface area contributed by atoms with Gasteiger partial charge in [0.05, 0.1) is 11.3 Å². The number of aromatic nitrogens is 3. The van der Waals surface area contributed by atoms with Gasteiger partial charge in [0.2, 0.25) is 0 Å². The molecule has 140 valence electrons. The minimum Gasteiger partial charge on any atom is -0.270 e. The number of nitrogens with zero attached hydrogens (tertiary/aromatic N) is 3. The number of hydrogen-bond acceptors (Lipinski definition) is 3. The van der Waals surface area contributed by atoms with Crippen LogP contribution in [0.15, 0.2) is 78.0 Å². The van der Waals surface area contributed by atoms with E-state index in [4.69, 9.17) is 0 Å². The number of rotatable bonds is 5. The van der Waals surface area contributed by atoms with Crippen LogP contribution >= 0.6 is 11.8 Å². The van der Waals surface area contributed by atoms with Gasteiger partial charge in [-0.15, -0.1) is 10.2 Å². The van der Waals surface area contributed by atoms with E-state index in [1.54, 1.807) is 23.9 Å². The first kappa shape index (κ1) is 18.4. The van der Waals surface area contributed by atoms with Crippen molar-refractivity contribution >= 4 is 11.8 Å². The fourth-order valence-electron chi connectivity index (χ4n) is 3.13. The van der Waals surface area contributed by atoms with Crippen LogP contribution in [0.4, 0.5) is 4.39 Å². The van der Waals surface area contributed by atoms with Gasteiger partial charge in [0.1, 0.15) is 5.82 Å². The zero-order valence-corrected chi connectivity index (χ0v) is 16.6. The van der Waals surface area contributed by atoms with Crippen molar-refractivity contribution < 1.29 is 4.39 Å². The summed E-state index contributed by atoms with van der Waals surface area (Å²) in [6.45, 7) is 4.14. The first-order chi connectivity index (χ1) is 13.6. The van der Waals surface area contributed by atoms with Gasteiger partial charge in [0.15, 0.2) is 11.0 Å². The number of benzene rings is 3. The van der Waals surface area contributed by atoms with Gasteiger partial charge in [-0.25, -0.2) is 4.39 Å². The van der Waals surface area contributed by atoms with E-state index in [-0.39, 0.29) is 5.82 Å². The molecule has 28 heavy (non-hydrogen) atoms. The van der Waals surface area contributed by atoms with Crippen LogP contribution in [0.25, 0.3) is 17.1 Å². The molecule has 0 amide bonds. The first-order valence-electron chi connectivity index (χ1n) is 9.09. The van der Waals surface area contributed by atoms with Crippen LogP contribution in [0.1, 0.15) is 16.7 Å². The Hall–Kier alpha value is -2.92. The zero-order valence-electron chi connectivity index (χ0n) is 15.8. The van der Waals surface area contributed by atoms with E-state index >= 15 is 0 Å². The Balaban J connectivity index is 1.80. The van der Waals surface area contributed by atoms with E-state index in [1.807, 2.05) is 54.0 Å². The monoisotopic (exact) mass is 389 g/mol. The molecule has 4 aromatic rings. The summed E-state index contributed by atoms with van der Waals surface area (Å²) in [5, 5.41) is 9.50. The van der Waals surface area contributed by atoms with E-state index < -0.39 is 0 Å². The van der Waals surface area contributed by atoms with Gasteiger partial charge >= 0.3 is 0 Å². The topological polar surface area (TPSA) is 30.7 Å². The van der Waals surface area contributed by atoms with E-state index in [0.717, 1.165) is 22.2 Å². The molecule has 1 aromatic heterocycles. The Morgan fingerprint density at radius 3 is 2.25 bits per heavy atom. The van der Waals surface area contributed by atoms with Gasteiger partial charge in [-0.05, 0) is 48.7 Å². The Morgan fingerprint density at radius 1 is 0.821 bits per heavy atom. The second kappa shape index (κ2) is 7.98. The third-order valence-corrected chi connectivity index (χ3v) is 5.70. The molecule has 0 aliphatic rings. The van der Waals surface area contributed by atoms with Crippen LogP contribution < -0.4 is 0 Å². The molecule has 0 atom stereocenters. The first-order valence-corrected chi connectivity index (χ1v) is 10.1. The minimum absolute atomic E-state index is 0.305.